The zero-order chi connectivity index (χ0) is 17.4. The summed E-state index contributed by atoms with van der Waals surface area (Å²) in [6, 6.07) is 14.7. The first-order valence-corrected chi connectivity index (χ1v) is 8.31. The van der Waals surface area contributed by atoms with E-state index in [4.69, 9.17) is 9.47 Å². The van der Waals surface area contributed by atoms with E-state index < -0.39 is 0 Å². The van der Waals surface area contributed by atoms with Crippen molar-refractivity contribution in [1.82, 2.24) is 0 Å². The van der Waals surface area contributed by atoms with Gasteiger partial charge in [0.2, 0.25) is 0 Å². The third kappa shape index (κ3) is 4.51. The van der Waals surface area contributed by atoms with Gasteiger partial charge in [0, 0.05) is 12.6 Å². The molecule has 0 saturated heterocycles. The lowest BCUT2D eigenvalue weighted by atomic mass is 10.1. The summed E-state index contributed by atoms with van der Waals surface area (Å²) in [7, 11) is 3.34. The van der Waals surface area contributed by atoms with E-state index in [9.17, 15) is 4.79 Å². The smallest absolute Gasteiger partial charge is 0.258 e. The summed E-state index contributed by atoms with van der Waals surface area (Å²) in [5.74, 6) is 1.38. The summed E-state index contributed by atoms with van der Waals surface area (Å²) in [5, 5.41) is 0. The molecule has 0 aromatic heterocycles. The fraction of sp³-hybridized carbons (Fsp3) is 0.350. The van der Waals surface area contributed by atoms with Gasteiger partial charge in [0.05, 0.1) is 19.4 Å². The molecule has 0 atom stereocenters. The van der Waals surface area contributed by atoms with Crippen LogP contribution in [0.1, 0.15) is 36.5 Å². The summed E-state index contributed by atoms with van der Waals surface area (Å²) in [4.78, 5) is 14.2. The van der Waals surface area contributed by atoms with Crippen LogP contribution in [-0.2, 0) is 0 Å². The van der Waals surface area contributed by atoms with Crippen LogP contribution in [0.15, 0.2) is 48.5 Å². The Hall–Kier alpha value is -2.49. The van der Waals surface area contributed by atoms with Crippen molar-refractivity contribution in [2.75, 3.05) is 25.7 Å². The predicted octanol–water partition coefficient (Wildman–Crippen LogP) is 4.54. The van der Waals surface area contributed by atoms with Crippen LogP contribution in [0.3, 0.4) is 0 Å². The molecule has 0 spiro atoms. The highest BCUT2D eigenvalue weighted by Gasteiger charge is 2.16. The van der Waals surface area contributed by atoms with Gasteiger partial charge in [0.25, 0.3) is 5.91 Å². The van der Waals surface area contributed by atoms with Crippen LogP contribution in [0.2, 0.25) is 0 Å². The molecule has 0 N–H and O–H groups in total. The molecule has 0 aliphatic carbocycles. The molecule has 0 saturated carbocycles. The fourth-order valence-electron chi connectivity index (χ4n) is 2.45. The van der Waals surface area contributed by atoms with Crippen molar-refractivity contribution in [3.05, 3.63) is 54.1 Å². The van der Waals surface area contributed by atoms with E-state index in [0.717, 1.165) is 17.9 Å². The topological polar surface area (TPSA) is 38.8 Å². The van der Waals surface area contributed by atoms with Crippen LogP contribution in [0.25, 0.3) is 0 Å². The van der Waals surface area contributed by atoms with Crippen molar-refractivity contribution >= 4 is 11.6 Å². The van der Waals surface area contributed by atoms with Crippen LogP contribution in [0.5, 0.6) is 11.5 Å². The summed E-state index contributed by atoms with van der Waals surface area (Å²) in [5.41, 5.74) is 1.36. The molecule has 2 rings (SSSR count). The number of ether oxygens (including phenoxy) is 2. The average molecular weight is 327 g/mol. The number of carbonyl (C=O) groups is 1. The first-order valence-electron chi connectivity index (χ1n) is 8.31. The highest BCUT2D eigenvalue weighted by atomic mass is 16.5. The van der Waals surface area contributed by atoms with Crippen molar-refractivity contribution in [2.45, 2.75) is 26.2 Å². The van der Waals surface area contributed by atoms with Gasteiger partial charge in [-0.15, -0.1) is 0 Å². The maximum atomic E-state index is 12.7. The summed E-state index contributed by atoms with van der Waals surface area (Å²) in [6.45, 7) is 2.88. The Bertz CT molecular complexity index is 652. The molecule has 4 nitrogen and oxygen atoms in total. The molecule has 0 heterocycles. The SMILES string of the molecule is CCCCCOc1ccc(C(=O)N(C)c2ccccc2OC)cc1. The molecule has 0 aliphatic heterocycles. The van der Waals surface area contributed by atoms with Crippen molar-refractivity contribution < 1.29 is 14.3 Å². The number of amides is 1. The number of unbranched alkanes of at least 4 members (excludes halogenated alkanes) is 2. The molecule has 2 aromatic carbocycles. The second-order valence-corrected chi connectivity index (χ2v) is 5.62. The Labute approximate surface area is 144 Å². The maximum absolute atomic E-state index is 12.7. The Balaban J connectivity index is 2.04. The van der Waals surface area contributed by atoms with Crippen LogP contribution in [0.4, 0.5) is 5.69 Å². The molecule has 0 bridgehead atoms. The molecular weight excluding hydrogens is 302 g/mol. The Morgan fingerprint density at radius 2 is 1.75 bits per heavy atom. The lowest BCUT2D eigenvalue weighted by molar-refractivity contribution is 0.0992. The van der Waals surface area contributed by atoms with E-state index in [0.29, 0.717) is 17.9 Å². The standard InChI is InChI=1S/C20H25NO3/c1-4-5-8-15-24-17-13-11-16(12-14-17)20(22)21(2)18-9-6-7-10-19(18)23-3/h6-7,9-14H,4-5,8,15H2,1-3H3. The van der Waals surface area contributed by atoms with Crippen LogP contribution in [-0.4, -0.2) is 26.7 Å². The van der Waals surface area contributed by atoms with E-state index in [-0.39, 0.29) is 5.91 Å². The van der Waals surface area contributed by atoms with Gasteiger partial charge in [0.15, 0.2) is 0 Å². The van der Waals surface area contributed by atoms with Crippen molar-refractivity contribution in [1.29, 1.82) is 0 Å². The second-order valence-electron chi connectivity index (χ2n) is 5.62. The molecule has 0 aliphatic rings. The third-order valence-electron chi connectivity index (χ3n) is 3.87. The molecule has 128 valence electrons. The lowest BCUT2D eigenvalue weighted by Crippen LogP contribution is -2.26. The zero-order valence-electron chi connectivity index (χ0n) is 14.6. The minimum absolute atomic E-state index is 0.0861. The van der Waals surface area contributed by atoms with Crippen molar-refractivity contribution in [2.24, 2.45) is 0 Å². The van der Waals surface area contributed by atoms with E-state index in [1.165, 1.54) is 12.8 Å². The van der Waals surface area contributed by atoms with Gasteiger partial charge in [-0.25, -0.2) is 0 Å². The summed E-state index contributed by atoms with van der Waals surface area (Å²) in [6.07, 6.45) is 3.39. The van der Waals surface area contributed by atoms with Gasteiger partial charge in [-0.1, -0.05) is 31.9 Å². The molecule has 2 aromatic rings. The van der Waals surface area contributed by atoms with Crippen LogP contribution >= 0.6 is 0 Å². The number of methoxy groups -OCH3 is 1. The van der Waals surface area contributed by atoms with Gasteiger partial charge in [0.1, 0.15) is 11.5 Å². The Morgan fingerprint density at radius 3 is 2.42 bits per heavy atom. The zero-order valence-corrected chi connectivity index (χ0v) is 14.6. The molecule has 1 amide bonds. The van der Waals surface area contributed by atoms with E-state index in [2.05, 4.69) is 6.92 Å². The first-order chi connectivity index (χ1) is 11.7. The van der Waals surface area contributed by atoms with Crippen molar-refractivity contribution in [3.63, 3.8) is 0 Å². The number of carbonyl (C=O) groups excluding carboxylic acids is 1. The number of para-hydroxylation sites is 2. The molecule has 0 unspecified atom stereocenters. The van der Waals surface area contributed by atoms with Gasteiger partial charge in [-0.3, -0.25) is 4.79 Å². The number of hydrogen-bond donors (Lipinski definition) is 0. The number of hydrogen-bond acceptors (Lipinski definition) is 3. The number of rotatable bonds is 8. The second kappa shape index (κ2) is 8.96. The first kappa shape index (κ1) is 17.9. The molecule has 24 heavy (non-hydrogen) atoms. The average Bonchev–Trinajstić information content (AvgIpc) is 2.64. The van der Waals surface area contributed by atoms with Gasteiger partial charge >= 0.3 is 0 Å². The minimum atomic E-state index is -0.0861. The van der Waals surface area contributed by atoms with Crippen molar-refractivity contribution in [3.8, 4) is 11.5 Å². The summed E-state index contributed by atoms with van der Waals surface area (Å²) < 4.78 is 11.0. The Kier molecular flexibility index (Phi) is 6.67. The third-order valence-corrected chi connectivity index (χ3v) is 3.87. The maximum Gasteiger partial charge on any atom is 0.258 e. The number of benzene rings is 2. The van der Waals surface area contributed by atoms with Crippen LogP contribution < -0.4 is 14.4 Å². The van der Waals surface area contributed by atoms with Crippen LogP contribution in [0, 0.1) is 0 Å². The lowest BCUT2D eigenvalue weighted by Gasteiger charge is -2.20. The molecular formula is C20H25NO3. The van der Waals surface area contributed by atoms with E-state index in [1.807, 2.05) is 36.4 Å². The minimum Gasteiger partial charge on any atom is -0.495 e. The summed E-state index contributed by atoms with van der Waals surface area (Å²) >= 11 is 0. The predicted molar refractivity (Wildman–Crippen MR) is 97.2 cm³/mol. The highest BCUT2D eigenvalue weighted by molar-refractivity contribution is 6.06. The van der Waals surface area contributed by atoms with Gasteiger partial charge in [-0.05, 0) is 42.8 Å². The normalized spacial score (nSPS) is 10.3. The molecule has 0 fully saturated rings. The monoisotopic (exact) mass is 327 g/mol. The van der Waals surface area contributed by atoms with Gasteiger partial charge in [-0.2, -0.15) is 0 Å². The largest absolute Gasteiger partial charge is 0.495 e. The Morgan fingerprint density at radius 1 is 1.04 bits per heavy atom. The van der Waals surface area contributed by atoms with Gasteiger partial charge < -0.3 is 14.4 Å². The molecule has 4 heteroatoms. The fourth-order valence-corrected chi connectivity index (χ4v) is 2.45. The van der Waals surface area contributed by atoms with E-state index in [1.54, 1.807) is 31.2 Å². The highest BCUT2D eigenvalue weighted by Crippen LogP contribution is 2.28. The number of anilines is 1. The molecule has 0 radical (unpaired) electrons. The number of nitrogens with zero attached hydrogens (tertiary/aromatic N) is 1. The quantitative estimate of drug-likeness (QED) is 0.668. The van der Waals surface area contributed by atoms with E-state index >= 15 is 0 Å².